The van der Waals surface area contributed by atoms with Gasteiger partial charge in [0.2, 0.25) is 5.28 Å². The summed E-state index contributed by atoms with van der Waals surface area (Å²) in [5.41, 5.74) is 0. The summed E-state index contributed by atoms with van der Waals surface area (Å²) >= 11 is 8.93. The SMILES string of the molecule is CC(=O)[C@@H](C)CNc1nc(Cl)ncc1Br. The van der Waals surface area contributed by atoms with Crippen molar-refractivity contribution in [1.82, 2.24) is 9.97 Å². The molecular weight excluding hydrogens is 281 g/mol. The summed E-state index contributed by atoms with van der Waals surface area (Å²) in [6.07, 6.45) is 1.57. The molecule has 1 aromatic rings. The number of hydrogen-bond donors (Lipinski definition) is 1. The Hall–Kier alpha value is -0.680. The van der Waals surface area contributed by atoms with E-state index in [4.69, 9.17) is 11.6 Å². The lowest BCUT2D eigenvalue weighted by atomic mass is 10.1. The minimum atomic E-state index is -0.0503. The molecule has 0 amide bonds. The molecule has 0 spiro atoms. The minimum Gasteiger partial charge on any atom is -0.368 e. The zero-order valence-corrected chi connectivity index (χ0v) is 10.8. The van der Waals surface area contributed by atoms with E-state index in [-0.39, 0.29) is 17.0 Å². The van der Waals surface area contributed by atoms with Gasteiger partial charge in [-0.1, -0.05) is 6.92 Å². The Morgan fingerprint density at radius 3 is 3.00 bits per heavy atom. The van der Waals surface area contributed by atoms with Gasteiger partial charge in [0.1, 0.15) is 11.6 Å². The highest BCUT2D eigenvalue weighted by molar-refractivity contribution is 9.10. The van der Waals surface area contributed by atoms with E-state index in [2.05, 4.69) is 31.2 Å². The van der Waals surface area contributed by atoms with Gasteiger partial charge < -0.3 is 5.32 Å². The number of anilines is 1. The number of halogens is 2. The number of Topliss-reactive ketones (excluding diaryl/α,β-unsaturated/α-hetero) is 1. The largest absolute Gasteiger partial charge is 0.368 e. The molecule has 4 nitrogen and oxygen atoms in total. The number of hydrogen-bond acceptors (Lipinski definition) is 4. The Bertz CT molecular complexity index is 372. The standard InChI is InChI=1S/C9H11BrClN3O/c1-5(6(2)15)3-12-8-7(10)4-13-9(11)14-8/h4-5H,3H2,1-2H3,(H,12,13,14)/t5-/m0/s1. The van der Waals surface area contributed by atoms with Gasteiger partial charge in [-0.05, 0) is 34.5 Å². The number of carbonyl (C=O) groups excluding carboxylic acids is 1. The molecule has 0 fully saturated rings. The van der Waals surface area contributed by atoms with Crippen molar-refractivity contribution in [3.63, 3.8) is 0 Å². The van der Waals surface area contributed by atoms with E-state index in [1.807, 2.05) is 6.92 Å². The Balaban J connectivity index is 2.65. The monoisotopic (exact) mass is 291 g/mol. The lowest BCUT2D eigenvalue weighted by molar-refractivity contribution is -0.119. The quantitative estimate of drug-likeness (QED) is 0.867. The van der Waals surface area contributed by atoms with Gasteiger partial charge >= 0.3 is 0 Å². The van der Waals surface area contributed by atoms with Crippen molar-refractivity contribution in [2.45, 2.75) is 13.8 Å². The van der Waals surface area contributed by atoms with Crippen LogP contribution >= 0.6 is 27.5 Å². The third-order valence-electron chi connectivity index (χ3n) is 1.98. The van der Waals surface area contributed by atoms with E-state index in [0.29, 0.717) is 12.4 Å². The molecule has 0 aromatic carbocycles. The lowest BCUT2D eigenvalue weighted by Gasteiger charge is -2.10. The highest BCUT2D eigenvalue weighted by Crippen LogP contribution is 2.20. The molecule has 1 N–H and O–H groups in total. The summed E-state index contributed by atoms with van der Waals surface area (Å²) in [5.74, 6) is 0.688. The first kappa shape index (κ1) is 12.4. The molecule has 82 valence electrons. The minimum absolute atomic E-state index is 0.0503. The molecular formula is C9H11BrClN3O. The summed E-state index contributed by atoms with van der Waals surface area (Å²) in [7, 11) is 0. The van der Waals surface area contributed by atoms with Crippen molar-refractivity contribution in [1.29, 1.82) is 0 Å². The highest BCUT2D eigenvalue weighted by atomic mass is 79.9. The van der Waals surface area contributed by atoms with Crippen molar-refractivity contribution >= 4 is 39.1 Å². The van der Waals surface area contributed by atoms with Crippen molar-refractivity contribution in [3.05, 3.63) is 16.0 Å². The fraction of sp³-hybridized carbons (Fsp3) is 0.444. The Kier molecular flexibility index (Phi) is 4.47. The molecule has 1 atom stereocenters. The van der Waals surface area contributed by atoms with E-state index >= 15 is 0 Å². The van der Waals surface area contributed by atoms with Crippen LogP contribution in [0.4, 0.5) is 5.82 Å². The van der Waals surface area contributed by atoms with Crippen LogP contribution in [0.15, 0.2) is 10.7 Å². The van der Waals surface area contributed by atoms with Crippen LogP contribution in [0.5, 0.6) is 0 Å². The molecule has 1 rings (SSSR count). The molecule has 0 bridgehead atoms. The van der Waals surface area contributed by atoms with Gasteiger partial charge in [0.15, 0.2) is 0 Å². The second-order valence-corrected chi connectivity index (χ2v) is 4.42. The summed E-state index contributed by atoms with van der Waals surface area (Å²) < 4.78 is 0.725. The zero-order valence-electron chi connectivity index (χ0n) is 8.42. The van der Waals surface area contributed by atoms with Crippen LogP contribution in [0, 0.1) is 5.92 Å². The molecule has 0 unspecified atom stereocenters. The maximum atomic E-state index is 11.0. The average molecular weight is 293 g/mol. The van der Waals surface area contributed by atoms with Gasteiger partial charge in [0, 0.05) is 18.7 Å². The third kappa shape index (κ3) is 3.76. The normalized spacial score (nSPS) is 12.3. The molecule has 1 heterocycles. The van der Waals surface area contributed by atoms with E-state index in [1.54, 1.807) is 13.1 Å². The molecule has 0 saturated carbocycles. The molecule has 0 radical (unpaired) electrons. The first-order valence-electron chi connectivity index (χ1n) is 4.43. The first-order chi connectivity index (χ1) is 7.00. The van der Waals surface area contributed by atoms with Crippen LogP contribution in [-0.4, -0.2) is 22.3 Å². The van der Waals surface area contributed by atoms with Crippen LogP contribution in [0.25, 0.3) is 0 Å². The third-order valence-corrected chi connectivity index (χ3v) is 2.75. The van der Waals surface area contributed by atoms with Gasteiger partial charge in [-0.25, -0.2) is 4.98 Å². The maximum Gasteiger partial charge on any atom is 0.224 e. The number of carbonyl (C=O) groups is 1. The zero-order chi connectivity index (χ0) is 11.4. The number of nitrogens with one attached hydrogen (secondary N) is 1. The van der Waals surface area contributed by atoms with Crippen molar-refractivity contribution in [3.8, 4) is 0 Å². The molecule has 0 aliphatic rings. The number of rotatable bonds is 4. The number of ketones is 1. The molecule has 0 saturated heterocycles. The molecule has 0 aliphatic carbocycles. The average Bonchev–Trinajstić information content (AvgIpc) is 2.18. The fourth-order valence-electron chi connectivity index (χ4n) is 0.863. The number of nitrogens with zero attached hydrogens (tertiary/aromatic N) is 2. The fourth-order valence-corrected chi connectivity index (χ4v) is 1.33. The summed E-state index contributed by atoms with van der Waals surface area (Å²) in [6, 6.07) is 0. The highest BCUT2D eigenvalue weighted by Gasteiger charge is 2.09. The summed E-state index contributed by atoms with van der Waals surface area (Å²) in [6.45, 7) is 3.95. The molecule has 0 aliphatic heterocycles. The van der Waals surface area contributed by atoms with E-state index < -0.39 is 0 Å². The topological polar surface area (TPSA) is 54.9 Å². The lowest BCUT2D eigenvalue weighted by Crippen LogP contribution is -2.18. The van der Waals surface area contributed by atoms with Crippen molar-refractivity contribution in [2.75, 3.05) is 11.9 Å². The Labute approximate surface area is 102 Å². The predicted octanol–water partition coefficient (Wildman–Crippen LogP) is 2.53. The molecule has 6 heteroatoms. The van der Waals surface area contributed by atoms with Gasteiger partial charge in [-0.2, -0.15) is 4.98 Å². The van der Waals surface area contributed by atoms with E-state index in [1.165, 1.54) is 0 Å². The van der Waals surface area contributed by atoms with Gasteiger partial charge in [-0.3, -0.25) is 4.79 Å². The predicted molar refractivity (Wildman–Crippen MR) is 63.1 cm³/mol. The van der Waals surface area contributed by atoms with Gasteiger partial charge in [0.05, 0.1) is 4.47 Å². The smallest absolute Gasteiger partial charge is 0.224 e. The van der Waals surface area contributed by atoms with Crippen LogP contribution in [0.1, 0.15) is 13.8 Å². The maximum absolute atomic E-state index is 11.0. The molecule has 15 heavy (non-hydrogen) atoms. The van der Waals surface area contributed by atoms with Gasteiger partial charge in [-0.15, -0.1) is 0 Å². The van der Waals surface area contributed by atoms with Crippen LogP contribution in [-0.2, 0) is 4.79 Å². The van der Waals surface area contributed by atoms with E-state index in [0.717, 1.165) is 4.47 Å². The van der Waals surface area contributed by atoms with Crippen LogP contribution in [0.2, 0.25) is 5.28 Å². The van der Waals surface area contributed by atoms with E-state index in [9.17, 15) is 4.79 Å². The van der Waals surface area contributed by atoms with Crippen molar-refractivity contribution in [2.24, 2.45) is 5.92 Å². The summed E-state index contributed by atoms with van der Waals surface area (Å²) in [4.78, 5) is 18.8. The number of aromatic nitrogens is 2. The van der Waals surface area contributed by atoms with Crippen LogP contribution in [0.3, 0.4) is 0 Å². The second kappa shape index (κ2) is 5.42. The van der Waals surface area contributed by atoms with Gasteiger partial charge in [0.25, 0.3) is 0 Å². The Morgan fingerprint density at radius 1 is 1.73 bits per heavy atom. The Morgan fingerprint density at radius 2 is 2.40 bits per heavy atom. The second-order valence-electron chi connectivity index (χ2n) is 3.23. The van der Waals surface area contributed by atoms with Crippen molar-refractivity contribution < 1.29 is 4.79 Å². The molecule has 1 aromatic heterocycles. The van der Waals surface area contributed by atoms with Crippen LogP contribution < -0.4 is 5.32 Å². The first-order valence-corrected chi connectivity index (χ1v) is 5.60. The summed E-state index contributed by atoms with van der Waals surface area (Å²) in [5, 5.41) is 3.21.